The maximum absolute atomic E-state index is 11.0. The second-order valence-corrected chi connectivity index (χ2v) is 1.99. The summed E-state index contributed by atoms with van der Waals surface area (Å²) < 4.78 is 12.8. The first-order chi connectivity index (χ1) is 6.08. The van der Waals surface area contributed by atoms with Gasteiger partial charge in [0.15, 0.2) is 0 Å². The van der Waals surface area contributed by atoms with Crippen LogP contribution in [0.15, 0.2) is 0 Å². The van der Waals surface area contributed by atoms with Crippen LogP contribution in [-0.2, 0) is 28.6 Å². The molecule has 14 heavy (non-hydrogen) atoms. The number of hydrogen-bond donors (Lipinski definition) is 0. The number of hydrogen-bond acceptors (Lipinski definition) is 6. The fourth-order valence-corrected chi connectivity index (χ4v) is 0.625. The van der Waals surface area contributed by atoms with Gasteiger partial charge in [-0.1, -0.05) is 0 Å². The van der Waals surface area contributed by atoms with Gasteiger partial charge in [0.05, 0.1) is 14.2 Å². The Morgan fingerprint density at radius 3 is 1.79 bits per heavy atom. The van der Waals surface area contributed by atoms with Gasteiger partial charge < -0.3 is 14.2 Å². The molecule has 0 N–H and O–H groups in total. The van der Waals surface area contributed by atoms with Gasteiger partial charge in [-0.25, -0.2) is 9.59 Å². The van der Waals surface area contributed by atoms with Crippen molar-refractivity contribution in [1.82, 2.24) is 0 Å². The first kappa shape index (κ1) is 16.0. The molecule has 0 spiro atoms. The van der Waals surface area contributed by atoms with Crippen LogP contribution in [0.2, 0.25) is 0 Å². The number of ketones is 1. The number of esters is 2. The molecule has 0 saturated carbocycles. The first-order valence-corrected chi connectivity index (χ1v) is 3.31. The second kappa shape index (κ2) is 7.93. The molecule has 0 saturated heterocycles. The maximum atomic E-state index is 11.0. The topological polar surface area (TPSA) is 78.9 Å². The average molecular weight is 213 g/mol. The van der Waals surface area contributed by atoms with Crippen LogP contribution in [-0.4, -0.2) is 74.7 Å². The number of Topliss-reactive ketones (excluding diaryl/α,β-unsaturated/α-hetero) is 1. The van der Waals surface area contributed by atoms with E-state index < -0.39 is 23.8 Å². The Labute approximate surface area is 103 Å². The minimum Gasteiger partial charge on any atom is -0.467 e. The molecule has 7 heteroatoms. The molecule has 0 bridgehead atoms. The van der Waals surface area contributed by atoms with Gasteiger partial charge in [0.1, 0.15) is 0 Å². The number of ether oxygens (including phenoxy) is 3. The van der Waals surface area contributed by atoms with Crippen LogP contribution in [0.5, 0.6) is 0 Å². The van der Waals surface area contributed by atoms with Gasteiger partial charge in [-0.3, -0.25) is 4.79 Å². The monoisotopic (exact) mass is 213 g/mol. The van der Waals surface area contributed by atoms with Gasteiger partial charge in [-0.15, -0.1) is 0 Å². The van der Waals surface area contributed by atoms with E-state index in [9.17, 15) is 14.4 Å². The summed E-state index contributed by atoms with van der Waals surface area (Å²) in [4.78, 5) is 32.5. The normalized spacial score (nSPS) is 10.8. The molecule has 0 heterocycles. The summed E-state index contributed by atoms with van der Waals surface area (Å²) >= 11 is 0. The van der Waals surface area contributed by atoms with Gasteiger partial charge in [0, 0.05) is 36.7 Å². The summed E-state index contributed by atoms with van der Waals surface area (Å²) in [6.45, 7) is 0. The van der Waals surface area contributed by atoms with Gasteiger partial charge in [-0.2, -0.15) is 0 Å². The van der Waals surface area contributed by atoms with E-state index in [4.69, 9.17) is 0 Å². The van der Waals surface area contributed by atoms with E-state index in [0.717, 1.165) is 21.3 Å². The molecule has 0 fully saturated rings. The molecule has 0 amide bonds. The summed E-state index contributed by atoms with van der Waals surface area (Å²) in [5, 5.41) is 0. The predicted octanol–water partition coefficient (Wildman–Crippen LogP) is -1.46. The fraction of sp³-hybridized carbons (Fsp3) is 0.571. The van der Waals surface area contributed by atoms with E-state index in [-0.39, 0.29) is 29.6 Å². The molecule has 1 unspecified atom stereocenters. The Morgan fingerprint density at radius 2 is 1.50 bits per heavy atom. The largest absolute Gasteiger partial charge is 0.467 e. The zero-order chi connectivity index (χ0) is 10.4. The second-order valence-electron chi connectivity index (χ2n) is 1.99. The molecular weight excluding hydrogens is 203 g/mol. The third-order valence-corrected chi connectivity index (χ3v) is 1.28. The van der Waals surface area contributed by atoms with E-state index in [1.165, 1.54) is 0 Å². The smallest absolute Gasteiger partial charge is 0.377 e. The van der Waals surface area contributed by atoms with E-state index in [1.807, 2.05) is 0 Å². The summed E-state index contributed by atoms with van der Waals surface area (Å²) in [6.07, 6.45) is -1.54. The van der Waals surface area contributed by atoms with Crippen molar-refractivity contribution in [2.75, 3.05) is 21.3 Å². The predicted molar refractivity (Wildman–Crippen MR) is 45.6 cm³/mol. The van der Waals surface area contributed by atoms with Gasteiger partial charge in [0.2, 0.25) is 6.10 Å². The Kier molecular flexibility index (Phi) is 9.07. The van der Waals surface area contributed by atoms with Gasteiger partial charge in [-0.05, 0) is 0 Å². The molecule has 0 rings (SSSR count). The molecule has 6 nitrogen and oxygen atoms in total. The summed E-state index contributed by atoms with van der Waals surface area (Å²) in [7, 11) is 3.23. The third kappa shape index (κ3) is 4.19. The third-order valence-electron chi connectivity index (χ3n) is 1.28. The van der Waals surface area contributed by atoms with E-state index in [0.29, 0.717) is 0 Å². The summed E-state index contributed by atoms with van der Waals surface area (Å²) in [5.41, 5.74) is 0. The van der Waals surface area contributed by atoms with Crippen LogP contribution in [0, 0.1) is 0 Å². The van der Waals surface area contributed by atoms with E-state index in [1.54, 1.807) is 0 Å². The first-order valence-electron chi connectivity index (χ1n) is 3.31. The number of carbonyl (C=O) groups is 3. The molecule has 0 aromatic heterocycles. The van der Waals surface area contributed by atoms with Crippen LogP contribution in [0.4, 0.5) is 0 Å². The fourth-order valence-electron chi connectivity index (χ4n) is 0.625. The van der Waals surface area contributed by atoms with Crippen molar-refractivity contribution in [3.05, 3.63) is 0 Å². The molecule has 1 atom stereocenters. The van der Waals surface area contributed by atoms with E-state index in [2.05, 4.69) is 14.2 Å². The van der Waals surface area contributed by atoms with Crippen LogP contribution in [0.25, 0.3) is 0 Å². The maximum Gasteiger partial charge on any atom is 0.377 e. The minimum atomic E-state index is -1.54. The Balaban J connectivity index is 0. The molecule has 0 aromatic carbocycles. The van der Waals surface area contributed by atoms with E-state index >= 15 is 0 Å². The summed E-state index contributed by atoms with van der Waals surface area (Å²) in [6, 6.07) is 0. The molecular formula is C7H10NaO6. The quantitative estimate of drug-likeness (QED) is 0.245. The van der Waals surface area contributed by atoms with Crippen molar-refractivity contribution in [3.8, 4) is 0 Å². The number of rotatable bonds is 4. The Hall–Kier alpha value is -0.430. The zero-order valence-electron chi connectivity index (χ0n) is 8.53. The average Bonchev–Trinajstić information content (AvgIpc) is 2.17. The Morgan fingerprint density at radius 1 is 1.00 bits per heavy atom. The standard InChI is InChI=1S/C7H10O6.Na/c1-11-5(7(10)13-3)4(8)6(9)12-2;/h5H,1-3H3;. The number of carbonyl (C=O) groups excluding carboxylic acids is 3. The van der Waals surface area contributed by atoms with Crippen LogP contribution in [0.1, 0.15) is 0 Å². The molecule has 75 valence electrons. The van der Waals surface area contributed by atoms with Gasteiger partial charge in [0.25, 0.3) is 5.78 Å². The van der Waals surface area contributed by atoms with Crippen molar-refractivity contribution in [3.63, 3.8) is 0 Å². The SMILES string of the molecule is COC(=O)C(=O)C(OC)C(=O)OC.[Na]. The van der Waals surface area contributed by atoms with Crippen LogP contribution in [0.3, 0.4) is 0 Å². The number of methoxy groups -OCH3 is 3. The van der Waals surface area contributed by atoms with Crippen molar-refractivity contribution >= 4 is 47.3 Å². The minimum absolute atomic E-state index is 0. The Bertz CT molecular complexity index is 226. The van der Waals surface area contributed by atoms with Crippen molar-refractivity contribution < 1.29 is 28.6 Å². The molecule has 0 aromatic rings. The summed E-state index contributed by atoms with van der Waals surface area (Å²) in [5.74, 6) is -3.16. The van der Waals surface area contributed by atoms with Crippen molar-refractivity contribution in [1.29, 1.82) is 0 Å². The van der Waals surface area contributed by atoms with Gasteiger partial charge >= 0.3 is 11.9 Å². The molecule has 0 aliphatic rings. The zero-order valence-corrected chi connectivity index (χ0v) is 10.5. The molecule has 1 radical (unpaired) electrons. The van der Waals surface area contributed by atoms with Crippen LogP contribution >= 0.6 is 0 Å². The van der Waals surface area contributed by atoms with Crippen molar-refractivity contribution in [2.45, 2.75) is 6.10 Å². The van der Waals surface area contributed by atoms with Crippen LogP contribution < -0.4 is 0 Å². The molecule has 0 aliphatic heterocycles. The van der Waals surface area contributed by atoms with Crippen molar-refractivity contribution in [2.24, 2.45) is 0 Å². The molecule has 0 aliphatic carbocycles.